The van der Waals surface area contributed by atoms with E-state index in [0.717, 1.165) is 22.6 Å². The molecule has 0 heterocycles. The van der Waals surface area contributed by atoms with Crippen molar-refractivity contribution in [3.05, 3.63) is 65.7 Å². The molecule has 0 aliphatic rings. The van der Waals surface area contributed by atoms with E-state index in [1.807, 2.05) is 63.2 Å². The summed E-state index contributed by atoms with van der Waals surface area (Å²) in [5.41, 5.74) is 3.07. The Kier molecular flexibility index (Phi) is 7.08. The SMILES string of the molecule is CCNC(=O)N(C/C(C)=C/c1ccccc1)c1ccc(OCC)cc1. The van der Waals surface area contributed by atoms with Crippen LogP contribution in [0.5, 0.6) is 5.75 Å². The van der Waals surface area contributed by atoms with Crippen LogP contribution in [0.15, 0.2) is 60.2 Å². The highest BCUT2D eigenvalue weighted by Gasteiger charge is 2.15. The molecule has 0 saturated carbocycles. The molecule has 0 unspecified atom stereocenters. The van der Waals surface area contributed by atoms with Gasteiger partial charge >= 0.3 is 6.03 Å². The van der Waals surface area contributed by atoms with Crippen LogP contribution in [0.2, 0.25) is 0 Å². The highest BCUT2D eigenvalue weighted by Crippen LogP contribution is 2.21. The number of amides is 2. The summed E-state index contributed by atoms with van der Waals surface area (Å²) in [6.07, 6.45) is 2.10. The predicted molar refractivity (Wildman–Crippen MR) is 104 cm³/mol. The lowest BCUT2D eigenvalue weighted by Crippen LogP contribution is -2.40. The van der Waals surface area contributed by atoms with E-state index in [4.69, 9.17) is 4.74 Å². The number of hydrogen-bond donors (Lipinski definition) is 1. The summed E-state index contributed by atoms with van der Waals surface area (Å²) in [5, 5.41) is 2.88. The zero-order valence-electron chi connectivity index (χ0n) is 15.2. The van der Waals surface area contributed by atoms with Crippen molar-refractivity contribution in [3.63, 3.8) is 0 Å². The second-order valence-electron chi connectivity index (χ2n) is 5.75. The maximum Gasteiger partial charge on any atom is 0.322 e. The molecule has 2 aromatic rings. The Morgan fingerprint density at radius 2 is 1.76 bits per heavy atom. The van der Waals surface area contributed by atoms with Crippen LogP contribution in [0, 0.1) is 0 Å². The van der Waals surface area contributed by atoms with E-state index in [9.17, 15) is 4.79 Å². The van der Waals surface area contributed by atoms with Gasteiger partial charge in [0, 0.05) is 18.8 Å². The molecule has 0 aliphatic heterocycles. The van der Waals surface area contributed by atoms with Gasteiger partial charge in [-0.05, 0) is 50.6 Å². The van der Waals surface area contributed by atoms with Gasteiger partial charge in [0.05, 0.1) is 6.61 Å². The molecule has 0 atom stereocenters. The molecule has 25 heavy (non-hydrogen) atoms. The first-order valence-corrected chi connectivity index (χ1v) is 8.64. The highest BCUT2D eigenvalue weighted by atomic mass is 16.5. The van der Waals surface area contributed by atoms with Crippen LogP contribution < -0.4 is 15.0 Å². The standard InChI is InChI=1S/C21H26N2O2/c1-4-22-21(24)23(19-11-13-20(14-12-19)25-5-2)16-17(3)15-18-9-7-6-8-10-18/h6-15H,4-5,16H2,1-3H3,(H,22,24)/b17-15+. The lowest BCUT2D eigenvalue weighted by molar-refractivity contribution is 0.247. The smallest absolute Gasteiger partial charge is 0.322 e. The summed E-state index contributed by atoms with van der Waals surface area (Å²) in [4.78, 5) is 14.2. The van der Waals surface area contributed by atoms with Crippen molar-refractivity contribution in [2.45, 2.75) is 20.8 Å². The third-order valence-corrected chi connectivity index (χ3v) is 3.65. The number of ether oxygens (including phenoxy) is 1. The topological polar surface area (TPSA) is 41.6 Å². The number of nitrogens with one attached hydrogen (secondary N) is 1. The second-order valence-corrected chi connectivity index (χ2v) is 5.75. The Bertz CT molecular complexity index is 694. The molecular formula is C21H26N2O2. The molecule has 2 aromatic carbocycles. The van der Waals surface area contributed by atoms with E-state index in [-0.39, 0.29) is 6.03 Å². The lowest BCUT2D eigenvalue weighted by Gasteiger charge is -2.23. The number of nitrogens with zero attached hydrogens (tertiary/aromatic N) is 1. The Morgan fingerprint density at radius 1 is 1.08 bits per heavy atom. The second kappa shape index (κ2) is 9.52. The van der Waals surface area contributed by atoms with Crippen molar-refractivity contribution < 1.29 is 9.53 Å². The van der Waals surface area contributed by atoms with Gasteiger partial charge in [-0.1, -0.05) is 42.0 Å². The van der Waals surface area contributed by atoms with Crippen LogP contribution in [-0.2, 0) is 0 Å². The van der Waals surface area contributed by atoms with Crippen LogP contribution >= 0.6 is 0 Å². The minimum Gasteiger partial charge on any atom is -0.494 e. The molecular weight excluding hydrogens is 312 g/mol. The van der Waals surface area contributed by atoms with E-state index >= 15 is 0 Å². The van der Waals surface area contributed by atoms with E-state index < -0.39 is 0 Å². The third kappa shape index (κ3) is 5.68. The number of carbonyl (C=O) groups excluding carboxylic acids is 1. The largest absolute Gasteiger partial charge is 0.494 e. The minimum atomic E-state index is -0.104. The van der Waals surface area contributed by atoms with Gasteiger partial charge in [-0.2, -0.15) is 0 Å². The molecule has 1 N–H and O–H groups in total. The molecule has 132 valence electrons. The first-order valence-electron chi connectivity index (χ1n) is 8.64. The molecule has 0 saturated heterocycles. The van der Waals surface area contributed by atoms with Crippen LogP contribution in [0.25, 0.3) is 6.08 Å². The number of carbonyl (C=O) groups is 1. The summed E-state index contributed by atoms with van der Waals surface area (Å²) in [5.74, 6) is 0.804. The van der Waals surface area contributed by atoms with Crippen LogP contribution in [0.4, 0.5) is 10.5 Å². The first kappa shape index (κ1) is 18.6. The molecule has 0 aliphatic carbocycles. The summed E-state index contributed by atoms with van der Waals surface area (Å²) in [6, 6.07) is 17.6. The van der Waals surface area contributed by atoms with Crippen LogP contribution in [-0.4, -0.2) is 25.7 Å². The quantitative estimate of drug-likeness (QED) is 0.793. The first-order chi connectivity index (χ1) is 12.1. The average molecular weight is 338 g/mol. The van der Waals surface area contributed by atoms with E-state index in [1.54, 1.807) is 4.90 Å². The van der Waals surface area contributed by atoms with Gasteiger partial charge in [-0.15, -0.1) is 0 Å². The van der Waals surface area contributed by atoms with Crippen molar-refractivity contribution in [1.82, 2.24) is 5.32 Å². The van der Waals surface area contributed by atoms with Crippen molar-refractivity contribution in [2.75, 3.05) is 24.6 Å². The molecule has 4 nitrogen and oxygen atoms in total. The van der Waals surface area contributed by atoms with Crippen molar-refractivity contribution in [3.8, 4) is 5.75 Å². The number of anilines is 1. The Morgan fingerprint density at radius 3 is 2.36 bits per heavy atom. The molecule has 2 amide bonds. The van der Waals surface area contributed by atoms with E-state index in [2.05, 4.69) is 23.5 Å². The van der Waals surface area contributed by atoms with Gasteiger partial charge in [-0.3, -0.25) is 4.90 Å². The zero-order valence-corrected chi connectivity index (χ0v) is 15.2. The van der Waals surface area contributed by atoms with Crippen LogP contribution in [0.3, 0.4) is 0 Å². The normalized spacial score (nSPS) is 11.1. The average Bonchev–Trinajstić information content (AvgIpc) is 2.62. The summed E-state index contributed by atoms with van der Waals surface area (Å²) in [6.45, 7) is 7.64. The fourth-order valence-electron chi connectivity index (χ4n) is 2.54. The van der Waals surface area contributed by atoms with Gasteiger partial charge in [0.25, 0.3) is 0 Å². The number of rotatable bonds is 7. The van der Waals surface area contributed by atoms with E-state index in [0.29, 0.717) is 19.7 Å². The molecule has 0 bridgehead atoms. The summed E-state index contributed by atoms with van der Waals surface area (Å²) < 4.78 is 5.48. The number of urea groups is 1. The van der Waals surface area contributed by atoms with Gasteiger partial charge in [0.1, 0.15) is 5.75 Å². The van der Waals surface area contributed by atoms with Gasteiger partial charge in [0.2, 0.25) is 0 Å². The molecule has 2 rings (SSSR count). The summed E-state index contributed by atoms with van der Waals surface area (Å²) in [7, 11) is 0. The van der Waals surface area contributed by atoms with E-state index in [1.165, 1.54) is 0 Å². The monoisotopic (exact) mass is 338 g/mol. The van der Waals surface area contributed by atoms with Crippen molar-refractivity contribution >= 4 is 17.8 Å². The zero-order chi connectivity index (χ0) is 18.1. The fourth-order valence-corrected chi connectivity index (χ4v) is 2.54. The van der Waals surface area contributed by atoms with Crippen molar-refractivity contribution in [2.24, 2.45) is 0 Å². The maximum atomic E-state index is 12.5. The maximum absolute atomic E-state index is 12.5. The minimum absolute atomic E-state index is 0.104. The van der Waals surface area contributed by atoms with Gasteiger partial charge in [-0.25, -0.2) is 4.79 Å². The lowest BCUT2D eigenvalue weighted by atomic mass is 10.1. The Balaban J connectivity index is 2.20. The van der Waals surface area contributed by atoms with Crippen LogP contribution in [0.1, 0.15) is 26.3 Å². The number of hydrogen-bond acceptors (Lipinski definition) is 2. The summed E-state index contributed by atoms with van der Waals surface area (Å²) >= 11 is 0. The molecule has 0 radical (unpaired) electrons. The number of benzene rings is 2. The molecule has 0 fully saturated rings. The third-order valence-electron chi connectivity index (χ3n) is 3.65. The fraction of sp³-hybridized carbons (Fsp3) is 0.286. The molecule has 4 heteroatoms. The Hall–Kier alpha value is -2.75. The van der Waals surface area contributed by atoms with Gasteiger partial charge < -0.3 is 10.1 Å². The molecule has 0 spiro atoms. The predicted octanol–water partition coefficient (Wildman–Crippen LogP) is 4.72. The molecule has 0 aromatic heterocycles. The van der Waals surface area contributed by atoms with Gasteiger partial charge in [0.15, 0.2) is 0 Å². The highest BCUT2D eigenvalue weighted by molar-refractivity contribution is 5.92. The van der Waals surface area contributed by atoms with Crippen molar-refractivity contribution in [1.29, 1.82) is 0 Å². The Labute approximate surface area is 150 Å².